The highest BCUT2D eigenvalue weighted by Crippen LogP contribution is 2.30. The number of amides is 2. The van der Waals surface area contributed by atoms with Crippen molar-refractivity contribution in [2.45, 2.75) is 39.2 Å². The van der Waals surface area contributed by atoms with E-state index in [2.05, 4.69) is 15.6 Å². The number of nitrogens with one attached hydrogen (secondary N) is 3. The molecular weight excluding hydrogens is 367 g/mol. The number of rotatable bonds is 5. The van der Waals surface area contributed by atoms with Gasteiger partial charge in [-0.2, -0.15) is 0 Å². The van der Waals surface area contributed by atoms with Gasteiger partial charge in [0.15, 0.2) is 0 Å². The summed E-state index contributed by atoms with van der Waals surface area (Å²) in [5, 5.41) is 4.96. The van der Waals surface area contributed by atoms with Crippen LogP contribution in [0.25, 0.3) is 0 Å². The van der Waals surface area contributed by atoms with Gasteiger partial charge in [-0.1, -0.05) is 26.0 Å². The number of nitrogens with zero attached hydrogens (tertiary/aromatic N) is 1. The van der Waals surface area contributed by atoms with Crippen molar-refractivity contribution in [3.8, 4) is 0 Å². The van der Waals surface area contributed by atoms with Crippen LogP contribution in [0.4, 0.5) is 15.9 Å². The number of carbonyl (C=O) groups is 2. The second kappa shape index (κ2) is 7.79. The largest absolute Gasteiger partial charge is 0.329 e. The van der Waals surface area contributed by atoms with E-state index in [0.717, 1.165) is 0 Å². The molecule has 1 aromatic heterocycles. The van der Waals surface area contributed by atoms with E-state index in [1.165, 1.54) is 22.8 Å². The van der Waals surface area contributed by atoms with E-state index >= 15 is 0 Å². The number of halogens is 1. The Bertz CT molecular complexity index is 1040. The number of para-hydroxylation sites is 1. The predicted octanol–water partition coefficient (Wildman–Crippen LogP) is 1.79. The van der Waals surface area contributed by atoms with Crippen LogP contribution in [-0.2, 0) is 16.1 Å². The summed E-state index contributed by atoms with van der Waals surface area (Å²) < 4.78 is 15.1. The van der Waals surface area contributed by atoms with Gasteiger partial charge in [0.25, 0.3) is 5.56 Å². The van der Waals surface area contributed by atoms with Crippen LogP contribution >= 0.6 is 0 Å². The van der Waals surface area contributed by atoms with Gasteiger partial charge in [0.1, 0.15) is 11.6 Å². The lowest BCUT2D eigenvalue weighted by Gasteiger charge is -2.26. The molecule has 28 heavy (non-hydrogen) atoms. The van der Waals surface area contributed by atoms with Crippen LogP contribution in [0, 0.1) is 11.7 Å². The quantitative estimate of drug-likeness (QED) is 0.725. The molecule has 0 saturated carbocycles. The van der Waals surface area contributed by atoms with Crippen LogP contribution in [0.15, 0.2) is 33.9 Å². The first-order valence-electron chi connectivity index (χ1n) is 9.00. The van der Waals surface area contributed by atoms with E-state index in [0.29, 0.717) is 6.42 Å². The van der Waals surface area contributed by atoms with Crippen molar-refractivity contribution in [3.05, 3.63) is 56.5 Å². The molecule has 3 N–H and O–H groups in total. The minimum Gasteiger partial charge on any atom is -0.323 e. The van der Waals surface area contributed by atoms with Gasteiger partial charge in [-0.25, -0.2) is 9.18 Å². The van der Waals surface area contributed by atoms with Gasteiger partial charge in [-0.05, 0) is 24.5 Å². The number of aromatic amines is 1. The third kappa shape index (κ3) is 3.88. The first kappa shape index (κ1) is 19.5. The van der Waals surface area contributed by atoms with Crippen molar-refractivity contribution in [2.75, 3.05) is 10.6 Å². The van der Waals surface area contributed by atoms with Crippen LogP contribution in [0.1, 0.15) is 38.2 Å². The van der Waals surface area contributed by atoms with Gasteiger partial charge in [0.05, 0.1) is 17.2 Å². The highest BCUT2D eigenvalue weighted by Gasteiger charge is 2.35. The summed E-state index contributed by atoms with van der Waals surface area (Å²) in [5.41, 5.74) is -1.45. The zero-order valence-electron chi connectivity index (χ0n) is 15.5. The summed E-state index contributed by atoms with van der Waals surface area (Å²) in [6.45, 7) is 4.23. The molecule has 0 fully saturated rings. The molecule has 1 atom stereocenters. The highest BCUT2D eigenvalue weighted by molar-refractivity contribution is 6.04. The molecule has 148 valence electrons. The van der Waals surface area contributed by atoms with Crippen LogP contribution in [-0.4, -0.2) is 21.4 Å². The molecule has 0 bridgehead atoms. The SMILES string of the molecule is CC(C)CCn1c2c(c(=O)[nH]c1=O)[C@@H](C(=O)Nc1ccccc1F)CC(=O)N2. The average molecular weight is 388 g/mol. The molecule has 1 aromatic carbocycles. The Morgan fingerprint density at radius 3 is 2.68 bits per heavy atom. The molecule has 0 saturated heterocycles. The van der Waals surface area contributed by atoms with E-state index in [1.54, 1.807) is 6.07 Å². The lowest BCUT2D eigenvalue weighted by molar-refractivity contribution is -0.123. The standard InChI is InChI=1S/C19H21FN4O4/c1-10(2)7-8-24-16-15(18(27)23-19(24)28)11(9-14(25)22-16)17(26)21-13-6-4-3-5-12(13)20/h3-6,10-11H,7-9H2,1-2H3,(H,21,26)(H,22,25)(H,23,27,28)/t11-/m0/s1. The fourth-order valence-corrected chi connectivity index (χ4v) is 3.12. The fourth-order valence-electron chi connectivity index (χ4n) is 3.12. The van der Waals surface area contributed by atoms with Gasteiger partial charge in [-0.3, -0.25) is 23.9 Å². The van der Waals surface area contributed by atoms with Crippen LogP contribution < -0.4 is 21.9 Å². The monoisotopic (exact) mass is 388 g/mol. The van der Waals surface area contributed by atoms with Crippen molar-refractivity contribution >= 4 is 23.3 Å². The van der Waals surface area contributed by atoms with Crippen molar-refractivity contribution in [1.82, 2.24) is 9.55 Å². The third-order valence-corrected chi connectivity index (χ3v) is 4.61. The van der Waals surface area contributed by atoms with Crippen LogP contribution in [0.5, 0.6) is 0 Å². The first-order valence-corrected chi connectivity index (χ1v) is 9.00. The Hall–Kier alpha value is -3.23. The van der Waals surface area contributed by atoms with Gasteiger partial charge in [-0.15, -0.1) is 0 Å². The van der Waals surface area contributed by atoms with Crippen molar-refractivity contribution in [3.63, 3.8) is 0 Å². The molecule has 8 nitrogen and oxygen atoms in total. The second-order valence-electron chi connectivity index (χ2n) is 7.13. The maximum absolute atomic E-state index is 13.9. The molecule has 0 aliphatic carbocycles. The van der Waals surface area contributed by atoms with Gasteiger partial charge in [0, 0.05) is 13.0 Å². The molecule has 0 radical (unpaired) electrons. The number of aromatic nitrogens is 2. The Kier molecular flexibility index (Phi) is 5.43. The molecule has 2 amide bonds. The molecule has 2 aromatic rings. The molecule has 0 unspecified atom stereocenters. The Balaban J connectivity index is 2.03. The van der Waals surface area contributed by atoms with E-state index in [-0.39, 0.29) is 36.0 Å². The molecule has 9 heteroatoms. The number of benzene rings is 1. The Labute approximate surface area is 159 Å². The number of hydrogen-bond donors (Lipinski definition) is 3. The fraction of sp³-hybridized carbons (Fsp3) is 0.368. The van der Waals surface area contributed by atoms with Gasteiger partial charge in [0.2, 0.25) is 11.8 Å². The van der Waals surface area contributed by atoms with Gasteiger partial charge >= 0.3 is 5.69 Å². The molecule has 1 aliphatic rings. The number of H-pyrrole nitrogens is 1. The van der Waals surface area contributed by atoms with E-state index in [4.69, 9.17) is 0 Å². The van der Waals surface area contributed by atoms with E-state index in [9.17, 15) is 23.6 Å². The van der Waals surface area contributed by atoms with Gasteiger partial charge < -0.3 is 10.6 Å². The Morgan fingerprint density at radius 2 is 2.00 bits per heavy atom. The minimum atomic E-state index is -1.14. The average Bonchev–Trinajstić information content (AvgIpc) is 2.62. The van der Waals surface area contributed by atoms with Crippen molar-refractivity contribution in [2.24, 2.45) is 5.92 Å². The van der Waals surface area contributed by atoms with E-state index < -0.39 is 34.8 Å². The molecule has 0 spiro atoms. The summed E-state index contributed by atoms with van der Waals surface area (Å²) in [5.74, 6) is -2.65. The zero-order chi connectivity index (χ0) is 20.4. The van der Waals surface area contributed by atoms with Crippen LogP contribution in [0.3, 0.4) is 0 Å². The summed E-state index contributed by atoms with van der Waals surface area (Å²) in [7, 11) is 0. The summed E-state index contributed by atoms with van der Waals surface area (Å²) in [6.07, 6.45) is 0.360. The summed E-state index contributed by atoms with van der Waals surface area (Å²) in [6, 6.07) is 5.60. The van der Waals surface area contributed by atoms with Crippen molar-refractivity contribution < 1.29 is 14.0 Å². The van der Waals surface area contributed by atoms with E-state index in [1.807, 2.05) is 13.8 Å². The molecular formula is C19H21FN4O4. The normalized spacial score (nSPS) is 15.9. The van der Waals surface area contributed by atoms with Crippen LogP contribution in [0.2, 0.25) is 0 Å². The second-order valence-corrected chi connectivity index (χ2v) is 7.13. The lowest BCUT2D eigenvalue weighted by atomic mass is 9.92. The Morgan fingerprint density at radius 1 is 1.29 bits per heavy atom. The first-order chi connectivity index (χ1) is 13.3. The summed E-state index contributed by atoms with van der Waals surface area (Å²) in [4.78, 5) is 51.8. The molecule has 2 heterocycles. The molecule has 1 aliphatic heterocycles. The minimum absolute atomic E-state index is 0.00297. The number of fused-ring (bicyclic) bond motifs is 1. The maximum Gasteiger partial charge on any atom is 0.329 e. The maximum atomic E-state index is 13.9. The number of carbonyl (C=O) groups excluding carboxylic acids is 2. The number of hydrogen-bond acceptors (Lipinski definition) is 4. The van der Waals surface area contributed by atoms with Crippen molar-refractivity contribution in [1.29, 1.82) is 0 Å². The summed E-state index contributed by atoms with van der Waals surface area (Å²) >= 11 is 0. The topological polar surface area (TPSA) is 113 Å². The number of anilines is 2. The highest BCUT2D eigenvalue weighted by atomic mass is 19.1. The molecule has 3 rings (SSSR count). The predicted molar refractivity (Wildman–Crippen MR) is 102 cm³/mol. The third-order valence-electron chi connectivity index (χ3n) is 4.61. The smallest absolute Gasteiger partial charge is 0.323 e. The zero-order valence-corrected chi connectivity index (χ0v) is 15.5. The lowest BCUT2D eigenvalue weighted by Crippen LogP contribution is -2.42.